The summed E-state index contributed by atoms with van der Waals surface area (Å²) < 4.78 is 0. The van der Waals surface area contributed by atoms with E-state index in [9.17, 15) is 0 Å². The number of benzene rings is 2. The van der Waals surface area contributed by atoms with E-state index in [1.807, 2.05) is 61.5 Å². The zero-order chi connectivity index (χ0) is 14.4. The first kappa shape index (κ1) is 13.9. The van der Waals surface area contributed by atoms with E-state index >= 15 is 0 Å². The molecule has 0 aromatic heterocycles. The molecule has 0 saturated heterocycles. The molecule has 4 heteroatoms. The number of hydrogen-bond acceptors (Lipinski definition) is 3. The van der Waals surface area contributed by atoms with Crippen molar-refractivity contribution in [1.82, 2.24) is 0 Å². The molecular weight excluding hydrogens is 250 g/mol. The molecule has 0 saturated carbocycles. The average Bonchev–Trinajstić information content (AvgIpc) is 2.50. The standard InChI is InChI=1S/C16H19N3O/c1-12-7-9-14(10-8-12)18-11-15(16(17)19-20)13-5-3-2-4-6-13/h2-10,15,18,20H,11H2,1H3,(H2,17,19). The average molecular weight is 269 g/mol. The lowest BCUT2D eigenvalue weighted by Crippen LogP contribution is -2.28. The summed E-state index contributed by atoms with van der Waals surface area (Å²) in [7, 11) is 0. The Morgan fingerprint density at radius 1 is 1.15 bits per heavy atom. The highest BCUT2D eigenvalue weighted by Crippen LogP contribution is 2.17. The molecule has 2 aromatic rings. The third-order valence-corrected chi connectivity index (χ3v) is 3.24. The minimum atomic E-state index is -0.164. The lowest BCUT2D eigenvalue weighted by atomic mass is 9.98. The topological polar surface area (TPSA) is 70.6 Å². The molecule has 1 atom stereocenters. The fraction of sp³-hybridized carbons (Fsp3) is 0.188. The maximum absolute atomic E-state index is 8.94. The molecule has 0 heterocycles. The lowest BCUT2D eigenvalue weighted by molar-refractivity contribution is 0.316. The summed E-state index contributed by atoms with van der Waals surface area (Å²) in [6, 6.07) is 17.9. The van der Waals surface area contributed by atoms with Gasteiger partial charge in [-0.3, -0.25) is 0 Å². The van der Waals surface area contributed by atoms with Gasteiger partial charge in [0, 0.05) is 12.2 Å². The van der Waals surface area contributed by atoms with Crippen LogP contribution in [0.5, 0.6) is 0 Å². The Hall–Kier alpha value is -2.49. The van der Waals surface area contributed by atoms with Crippen molar-refractivity contribution < 1.29 is 5.21 Å². The van der Waals surface area contributed by atoms with Crippen molar-refractivity contribution in [2.45, 2.75) is 12.8 Å². The smallest absolute Gasteiger partial charge is 0.148 e. The fourth-order valence-electron chi connectivity index (χ4n) is 2.04. The van der Waals surface area contributed by atoms with Crippen LogP contribution in [-0.4, -0.2) is 17.6 Å². The van der Waals surface area contributed by atoms with Gasteiger partial charge in [-0.15, -0.1) is 0 Å². The number of nitrogens with one attached hydrogen (secondary N) is 1. The van der Waals surface area contributed by atoms with Gasteiger partial charge in [0.1, 0.15) is 5.84 Å². The van der Waals surface area contributed by atoms with Crippen molar-refractivity contribution in [3.63, 3.8) is 0 Å². The molecule has 2 aromatic carbocycles. The van der Waals surface area contributed by atoms with Crippen molar-refractivity contribution in [2.75, 3.05) is 11.9 Å². The number of amidine groups is 1. The van der Waals surface area contributed by atoms with Crippen molar-refractivity contribution in [1.29, 1.82) is 0 Å². The van der Waals surface area contributed by atoms with E-state index in [0.29, 0.717) is 6.54 Å². The minimum Gasteiger partial charge on any atom is -0.409 e. The molecule has 4 nitrogen and oxygen atoms in total. The number of hydrogen-bond donors (Lipinski definition) is 3. The molecule has 0 fully saturated rings. The van der Waals surface area contributed by atoms with Crippen LogP contribution in [0, 0.1) is 6.92 Å². The second-order valence-electron chi connectivity index (χ2n) is 4.74. The van der Waals surface area contributed by atoms with E-state index in [0.717, 1.165) is 11.3 Å². The molecule has 0 spiro atoms. The zero-order valence-electron chi connectivity index (χ0n) is 11.5. The number of anilines is 1. The number of aryl methyl sites for hydroxylation is 1. The first-order chi connectivity index (χ1) is 9.70. The first-order valence-corrected chi connectivity index (χ1v) is 6.53. The summed E-state index contributed by atoms with van der Waals surface area (Å²) in [5.74, 6) is 0.0401. The van der Waals surface area contributed by atoms with E-state index in [4.69, 9.17) is 10.9 Å². The second-order valence-corrected chi connectivity index (χ2v) is 4.74. The third-order valence-electron chi connectivity index (χ3n) is 3.24. The summed E-state index contributed by atoms with van der Waals surface area (Å²) in [5.41, 5.74) is 9.04. The molecule has 104 valence electrons. The van der Waals surface area contributed by atoms with Crippen LogP contribution in [0.4, 0.5) is 5.69 Å². The van der Waals surface area contributed by atoms with Crippen LogP contribution in [-0.2, 0) is 0 Å². The Morgan fingerprint density at radius 2 is 1.80 bits per heavy atom. The van der Waals surface area contributed by atoms with Gasteiger partial charge in [0.15, 0.2) is 0 Å². The minimum absolute atomic E-state index is 0.164. The van der Waals surface area contributed by atoms with Crippen molar-refractivity contribution >= 4 is 11.5 Å². The SMILES string of the molecule is Cc1ccc(NCC(C(N)=NO)c2ccccc2)cc1. The van der Waals surface area contributed by atoms with E-state index < -0.39 is 0 Å². The van der Waals surface area contributed by atoms with Crippen LogP contribution in [0.25, 0.3) is 0 Å². The Labute approximate surface area is 118 Å². The van der Waals surface area contributed by atoms with Crippen LogP contribution < -0.4 is 11.1 Å². The number of rotatable bonds is 5. The normalized spacial score (nSPS) is 12.9. The summed E-state index contributed by atoms with van der Waals surface area (Å²) in [6.45, 7) is 2.62. The Bertz CT molecular complexity index is 564. The number of nitrogens with two attached hydrogens (primary N) is 1. The van der Waals surface area contributed by atoms with Crippen molar-refractivity contribution in [3.05, 3.63) is 65.7 Å². The van der Waals surface area contributed by atoms with E-state index in [-0.39, 0.29) is 11.8 Å². The second kappa shape index (κ2) is 6.61. The van der Waals surface area contributed by atoms with E-state index in [2.05, 4.69) is 10.5 Å². The van der Waals surface area contributed by atoms with Gasteiger partial charge >= 0.3 is 0 Å². The van der Waals surface area contributed by atoms with E-state index in [1.54, 1.807) is 0 Å². The molecule has 0 amide bonds. The number of nitrogens with zero attached hydrogens (tertiary/aromatic N) is 1. The van der Waals surface area contributed by atoms with Crippen LogP contribution in [0.15, 0.2) is 59.8 Å². The maximum Gasteiger partial charge on any atom is 0.148 e. The number of oxime groups is 1. The molecule has 4 N–H and O–H groups in total. The van der Waals surface area contributed by atoms with Gasteiger partial charge in [-0.05, 0) is 24.6 Å². The van der Waals surface area contributed by atoms with Gasteiger partial charge in [0.2, 0.25) is 0 Å². The molecule has 2 rings (SSSR count). The predicted molar refractivity (Wildman–Crippen MR) is 82.3 cm³/mol. The molecule has 0 bridgehead atoms. The Morgan fingerprint density at radius 3 is 2.40 bits per heavy atom. The molecular formula is C16H19N3O. The Balaban J connectivity index is 2.11. The van der Waals surface area contributed by atoms with Gasteiger partial charge in [-0.25, -0.2) is 0 Å². The van der Waals surface area contributed by atoms with Crippen molar-refractivity contribution in [2.24, 2.45) is 10.9 Å². The summed E-state index contributed by atoms with van der Waals surface area (Å²) >= 11 is 0. The highest BCUT2D eigenvalue weighted by molar-refractivity contribution is 5.87. The highest BCUT2D eigenvalue weighted by atomic mass is 16.4. The summed E-state index contributed by atoms with van der Waals surface area (Å²) in [5, 5.41) is 15.4. The molecule has 0 aliphatic rings. The zero-order valence-corrected chi connectivity index (χ0v) is 11.5. The van der Waals surface area contributed by atoms with Gasteiger partial charge in [0.25, 0.3) is 0 Å². The van der Waals surface area contributed by atoms with Crippen LogP contribution in [0.3, 0.4) is 0 Å². The Kier molecular flexibility index (Phi) is 4.60. The van der Waals surface area contributed by atoms with Gasteiger partial charge < -0.3 is 16.3 Å². The van der Waals surface area contributed by atoms with Crippen LogP contribution in [0.2, 0.25) is 0 Å². The molecule has 0 radical (unpaired) electrons. The maximum atomic E-state index is 8.94. The lowest BCUT2D eigenvalue weighted by Gasteiger charge is -2.17. The largest absolute Gasteiger partial charge is 0.409 e. The van der Waals surface area contributed by atoms with Crippen LogP contribution >= 0.6 is 0 Å². The monoisotopic (exact) mass is 269 g/mol. The molecule has 0 aliphatic heterocycles. The van der Waals surface area contributed by atoms with Gasteiger partial charge in [0.05, 0.1) is 5.92 Å². The fourth-order valence-corrected chi connectivity index (χ4v) is 2.04. The quantitative estimate of drug-likeness (QED) is 0.338. The predicted octanol–water partition coefficient (Wildman–Crippen LogP) is 2.94. The van der Waals surface area contributed by atoms with Gasteiger partial charge in [-0.1, -0.05) is 53.2 Å². The van der Waals surface area contributed by atoms with Crippen molar-refractivity contribution in [3.8, 4) is 0 Å². The van der Waals surface area contributed by atoms with E-state index in [1.165, 1.54) is 5.56 Å². The first-order valence-electron chi connectivity index (χ1n) is 6.53. The molecule has 20 heavy (non-hydrogen) atoms. The molecule has 1 unspecified atom stereocenters. The van der Waals surface area contributed by atoms with Gasteiger partial charge in [-0.2, -0.15) is 0 Å². The summed E-state index contributed by atoms with van der Waals surface area (Å²) in [4.78, 5) is 0. The summed E-state index contributed by atoms with van der Waals surface area (Å²) in [6.07, 6.45) is 0. The highest BCUT2D eigenvalue weighted by Gasteiger charge is 2.16. The third kappa shape index (κ3) is 3.51. The molecule has 0 aliphatic carbocycles. The van der Waals surface area contributed by atoms with Crippen LogP contribution in [0.1, 0.15) is 17.0 Å².